The van der Waals surface area contributed by atoms with Gasteiger partial charge in [0.1, 0.15) is 0 Å². The van der Waals surface area contributed by atoms with Crippen molar-refractivity contribution in [1.82, 2.24) is 9.78 Å². The molecular formula is C8H12N2S. The van der Waals surface area contributed by atoms with E-state index in [0.717, 1.165) is 23.6 Å². The Balaban J connectivity index is 2.64. The lowest BCUT2D eigenvalue weighted by Gasteiger charge is -2.03. The van der Waals surface area contributed by atoms with Crippen molar-refractivity contribution in [3.8, 4) is 0 Å². The molecule has 1 aromatic rings. The summed E-state index contributed by atoms with van der Waals surface area (Å²) < 4.78 is 1.92. The molecule has 1 heterocycles. The molecule has 0 saturated carbocycles. The number of hydrogen-bond donors (Lipinski definition) is 1. The van der Waals surface area contributed by atoms with Crippen LogP contribution in [0.3, 0.4) is 0 Å². The highest BCUT2D eigenvalue weighted by atomic mass is 32.1. The molecule has 60 valence electrons. The zero-order valence-corrected chi connectivity index (χ0v) is 7.51. The third-order valence-corrected chi connectivity index (χ3v) is 1.97. The van der Waals surface area contributed by atoms with Crippen molar-refractivity contribution in [2.75, 3.05) is 5.75 Å². The van der Waals surface area contributed by atoms with E-state index in [1.54, 1.807) is 6.20 Å². The first-order valence-electron chi connectivity index (χ1n) is 3.50. The van der Waals surface area contributed by atoms with E-state index in [1.807, 2.05) is 17.7 Å². The molecule has 0 saturated heterocycles. The third kappa shape index (κ3) is 2.12. The molecule has 0 aliphatic carbocycles. The number of nitrogens with zero attached hydrogens (tertiary/aromatic N) is 2. The first-order chi connectivity index (χ1) is 5.24. The standard InChI is InChI=1S/C8H12N2S/c1-7(6-11)5-10-8(2)3-4-9-10/h3-4,11H,1,5-6H2,2H3. The fraction of sp³-hybridized carbons (Fsp3) is 0.375. The summed E-state index contributed by atoms with van der Waals surface area (Å²) in [5.74, 6) is 0.722. The minimum absolute atomic E-state index is 0.722. The summed E-state index contributed by atoms with van der Waals surface area (Å²) in [5.41, 5.74) is 2.24. The van der Waals surface area contributed by atoms with Crippen LogP contribution in [0.15, 0.2) is 24.4 Å². The van der Waals surface area contributed by atoms with Crippen LogP contribution < -0.4 is 0 Å². The maximum Gasteiger partial charge on any atom is 0.0627 e. The lowest BCUT2D eigenvalue weighted by Crippen LogP contribution is -2.04. The van der Waals surface area contributed by atoms with Gasteiger partial charge < -0.3 is 0 Å². The predicted molar refractivity (Wildman–Crippen MR) is 50.0 cm³/mol. The quantitative estimate of drug-likeness (QED) is 0.537. The second kappa shape index (κ2) is 3.62. The van der Waals surface area contributed by atoms with Crippen molar-refractivity contribution in [3.63, 3.8) is 0 Å². The van der Waals surface area contributed by atoms with Crippen LogP contribution in [0.5, 0.6) is 0 Å². The average Bonchev–Trinajstić information content (AvgIpc) is 2.37. The van der Waals surface area contributed by atoms with E-state index < -0.39 is 0 Å². The van der Waals surface area contributed by atoms with Gasteiger partial charge in [0.2, 0.25) is 0 Å². The van der Waals surface area contributed by atoms with Gasteiger partial charge in [0.25, 0.3) is 0 Å². The predicted octanol–water partition coefficient (Wildman–Crippen LogP) is 1.68. The number of aromatic nitrogens is 2. The summed E-state index contributed by atoms with van der Waals surface area (Å²) in [4.78, 5) is 0. The van der Waals surface area contributed by atoms with Crippen LogP contribution in [0.2, 0.25) is 0 Å². The van der Waals surface area contributed by atoms with Gasteiger partial charge in [-0.1, -0.05) is 6.58 Å². The van der Waals surface area contributed by atoms with Crippen molar-refractivity contribution in [3.05, 3.63) is 30.1 Å². The van der Waals surface area contributed by atoms with Gasteiger partial charge in [0, 0.05) is 17.6 Å². The molecule has 0 radical (unpaired) electrons. The molecule has 3 heteroatoms. The van der Waals surface area contributed by atoms with Gasteiger partial charge in [0.15, 0.2) is 0 Å². The smallest absolute Gasteiger partial charge is 0.0627 e. The van der Waals surface area contributed by atoms with E-state index in [2.05, 4.69) is 24.3 Å². The molecule has 0 aliphatic rings. The van der Waals surface area contributed by atoms with Crippen LogP contribution in [0.4, 0.5) is 0 Å². The second-order valence-electron chi connectivity index (χ2n) is 2.54. The first-order valence-corrected chi connectivity index (χ1v) is 4.13. The number of thiol groups is 1. The Labute approximate surface area is 72.3 Å². The van der Waals surface area contributed by atoms with Crippen LogP contribution >= 0.6 is 12.6 Å². The van der Waals surface area contributed by atoms with Crippen LogP contribution in [0, 0.1) is 6.92 Å². The van der Waals surface area contributed by atoms with Crippen LogP contribution in [0.1, 0.15) is 5.69 Å². The molecule has 0 bridgehead atoms. The Bertz CT molecular complexity index is 252. The SMILES string of the molecule is C=C(CS)Cn1nccc1C. The number of aryl methyl sites for hydroxylation is 1. The van der Waals surface area contributed by atoms with Crippen LogP contribution in [-0.4, -0.2) is 15.5 Å². The van der Waals surface area contributed by atoms with Crippen molar-refractivity contribution < 1.29 is 0 Å². The molecule has 0 fully saturated rings. The molecule has 1 rings (SSSR count). The van der Waals surface area contributed by atoms with Gasteiger partial charge in [-0.2, -0.15) is 17.7 Å². The van der Waals surface area contributed by atoms with E-state index in [0.29, 0.717) is 0 Å². The lowest BCUT2D eigenvalue weighted by molar-refractivity contribution is 0.659. The van der Waals surface area contributed by atoms with Gasteiger partial charge in [-0.15, -0.1) is 0 Å². The zero-order valence-electron chi connectivity index (χ0n) is 6.62. The minimum atomic E-state index is 0.722. The highest BCUT2D eigenvalue weighted by molar-refractivity contribution is 7.80. The topological polar surface area (TPSA) is 17.8 Å². The van der Waals surface area contributed by atoms with Gasteiger partial charge in [-0.25, -0.2) is 0 Å². The minimum Gasteiger partial charge on any atom is -0.266 e. The Hall–Kier alpha value is -0.700. The van der Waals surface area contributed by atoms with Gasteiger partial charge in [-0.05, 0) is 18.6 Å². The fourth-order valence-electron chi connectivity index (χ4n) is 0.826. The maximum atomic E-state index is 4.13. The Morgan fingerprint density at radius 2 is 2.55 bits per heavy atom. The van der Waals surface area contributed by atoms with Crippen molar-refractivity contribution in [2.24, 2.45) is 0 Å². The third-order valence-electron chi connectivity index (χ3n) is 1.53. The van der Waals surface area contributed by atoms with Crippen LogP contribution in [-0.2, 0) is 6.54 Å². The van der Waals surface area contributed by atoms with E-state index in [1.165, 1.54) is 0 Å². The molecule has 2 nitrogen and oxygen atoms in total. The summed E-state index contributed by atoms with van der Waals surface area (Å²) in [7, 11) is 0. The van der Waals surface area contributed by atoms with E-state index >= 15 is 0 Å². The average molecular weight is 168 g/mol. The highest BCUT2D eigenvalue weighted by Crippen LogP contribution is 2.01. The molecule has 0 spiro atoms. The summed E-state index contributed by atoms with van der Waals surface area (Å²) in [6.07, 6.45) is 1.79. The molecule has 0 unspecified atom stereocenters. The molecule has 11 heavy (non-hydrogen) atoms. The van der Waals surface area contributed by atoms with E-state index in [9.17, 15) is 0 Å². The monoisotopic (exact) mass is 168 g/mol. The van der Waals surface area contributed by atoms with Gasteiger partial charge >= 0.3 is 0 Å². The number of hydrogen-bond acceptors (Lipinski definition) is 2. The van der Waals surface area contributed by atoms with E-state index in [-0.39, 0.29) is 0 Å². The highest BCUT2D eigenvalue weighted by Gasteiger charge is 1.97. The summed E-state index contributed by atoms with van der Waals surface area (Å²) in [6, 6.07) is 1.98. The normalized spacial score (nSPS) is 10.0. The van der Waals surface area contributed by atoms with E-state index in [4.69, 9.17) is 0 Å². The molecule has 1 aromatic heterocycles. The summed E-state index contributed by atoms with van der Waals surface area (Å²) >= 11 is 4.12. The van der Waals surface area contributed by atoms with Crippen LogP contribution in [0.25, 0.3) is 0 Å². The maximum absolute atomic E-state index is 4.13. The fourth-order valence-corrected chi connectivity index (χ4v) is 0.926. The largest absolute Gasteiger partial charge is 0.266 e. The second-order valence-corrected chi connectivity index (χ2v) is 2.85. The number of rotatable bonds is 3. The molecule has 0 atom stereocenters. The Morgan fingerprint density at radius 3 is 3.00 bits per heavy atom. The summed E-state index contributed by atoms with van der Waals surface area (Å²) in [5, 5.41) is 4.13. The van der Waals surface area contributed by atoms with Gasteiger partial charge in [-0.3, -0.25) is 4.68 Å². The van der Waals surface area contributed by atoms with Gasteiger partial charge in [0.05, 0.1) is 6.54 Å². The molecule has 0 N–H and O–H groups in total. The molecule has 0 aromatic carbocycles. The Morgan fingerprint density at radius 1 is 1.82 bits per heavy atom. The molecular weight excluding hydrogens is 156 g/mol. The zero-order chi connectivity index (χ0) is 8.27. The first kappa shape index (κ1) is 8.40. The molecule has 0 aliphatic heterocycles. The Kier molecular flexibility index (Phi) is 2.76. The molecule has 0 amide bonds. The summed E-state index contributed by atoms with van der Waals surface area (Å²) in [6.45, 7) is 6.66. The van der Waals surface area contributed by atoms with Crippen molar-refractivity contribution >= 4 is 12.6 Å². The van der Waals surface area contributed by atoms with Crippen molar-refractivity contribution in [2.45, 2.75) is 13.5 Å². The lowest BCUT2D eigenvalue weighted by atomic mass is 10.3. The van der Waals surface area contributed by atoms with Crippen molar-refractivity contribution in [1.29, 1.82) is 0 Å².